The number of amides is 2. The molecule has 5 nitrogen and oxygen atoms in total. The Kier molecular flexibility index (Phi) is 6.18. The van der Waals surface area contributed by atoms with Crippen LogP contribution in [-0.4, -0.2) is 33.9 Å². The van der Waals surface area contributed by atoms with Crippen LogP contribution < -0.4 is 4.90 Å². The summed E-state index contributed by atoms with van der Waals surface area (Å²) in [5.74, 6) is -0.735. The molecule has 1 atom stereocenters. The minimum atomic E-state index is -0.466. The lowest BCUT2D eigenvalue weighted by Crippen LogP contribution is -2.48. The van der Waals surface area contributed by atoms with E-state index >= 15 is 0 Å². The molecule has 0 saturated carbocycles. The molecule has 1 aliphatic heterocycles. The van der Waals surface area contributed by atoms with Gasteiger partial charge in [-0.1, -0.05) is 42.0 Å². The molecule has 0 fully saturated rings. The molecular weight excluding hydrogens is 453 g/mol. The van der Waals surface area contributed by atoms with Gasteiger partial charge in [-0.05, 0) is 74.9 Å². The van der Waals surface area contributed by atoms with Crippen molar-refractivity contribution in [1.29, 1.82) is 0 Å². The largest absolute Gasteiger partial charge is 0.327 e. The molecule has 2 amide bonds. The molecule has 0 N–H and O–H groups in total. The first-order chi connectivity index (χ1) is 17.3. The topological polar surface area (TPSA) is 45.6 Å². The van der Waals surface area contributed by atoms with Crippen LogP contribution in [0.25, 0.3) is 5.69 Å². The average molecular weight is 482 g/mol. The number of carbonyl (C=O) groups is 2. The highest BCUT2D eigenvalue weighted by Crippen LogP contribution is 2.42. The molecule has 2 heterocycles. The second-order valence-electron chi connectivity index (χ2n) is 9.40. The number of para-hydroxylation sites is 2. The number of anilines is 1. The minimum Gasteiger partial charge on any atom is -0.327 e. The van der Waals surface area contributed by atoms with E-state index in [1.165, 1.54) is 12.1 Å². The van der Waals surface area contributed by atoms with Gasteiger partial charge in [-0.2, -0.15) is 0 Å². The Morgan fingerprint density at radius 1 is 0.889 bits per heavy atom. The summed E-state index contributed by atoms with van der Waals surface area (Å²) in [6.45, 7) is 5.70. The highest BCUT2D eigenvalue weighted by atomic mass is 19.1. The smallest absolute Gasteiger partial charge is 0.254 e. The average Bonchev–Trinajstić information content (AvgIpc) is 3.37. The number of aromatic nitrogens is 1. The number of fused-ring (bicyclic) bond motifs is 3. The summed E-state index contributed by atoms with van der Waals surface area (Å²) in [6, 6.07) is 24.6. The first kappa shape index (κ1) is 23.5. The van der Waals surface area contributed by atoms with Crippen molar-refractivity contribution in [2.45, 2.75) is 32.9 Å². The van der Waals surface area contributed by atoms with Crippen LogP contribution >= 0.6 is 0 Å². The van der Waals surface area contributed by atoms with E-state index in [-0.39, 0.29) is 30.2 Å². The molecule has 1 aliphatic rings. The molecule has 5 rings (SSSR count). The van der Waals surface area contributed by atoms with Crippen LogP contribution in [0.4, 0.5) is 10.1 Å². The van der Waals surface area contributed by atoms with Gasteiger partial charge in [0.2, 0.25) is 5.91 Å². The maximum Gasteiger partial charge on any atom is 0.254 e. The van der Waals surface area contributed by atoms with Crippen molar-refractivity contribution in [3.8, 4) is 5.69 Å². The van der Waals surface area contributed by atoms with Crippen molar-refractivity contribution in [2.75, 3.05) is 11.4 Å². The monoisotopic (exact) mass is 481 g/mol. The standard InChI is InChI=1S/C30H28FN3O2/c1-20(2)33(30(36)23-12-10-21(3)11-13-23)19-28(35)34-26-8-5-4-7-25(26)32-18-6-9-27(32)29(34)22-14-16-24(31)17-15-22/h4-18,20,29H,19H2,1-3H3. The normalized spacial score (nSPS) is 14.4. The third kappa shape index (κ3) is 4.19. The van der Waals surface area contributed by atoms with Gasteiger partial charge in [-0.15, -0.1) is 0 Å². The van der Waals surface area contributed by atoms with Crippen LogP contribution in [-0.2, 0) is 4.79 Å². The lowest BCUT2D eigenvalue weighted by molar-refractivity contribution is -0.120. The van der Waals surface area contributed by atoms with E-state index in [9.17, 15) is 14.0 Å². The zero-order valence-corrected chi connectivity index (χ0v) is 20.6. The highest BCUT2D eigenvalue weighted by molar-refractivity contribution is 6.02. The lowest BCUT2D eigenvalue weighted by atomic mass is 9.97. The van der Waals surface area contributed by atoms with E-state index in [4.69, 9.17) is 0 Å². The van der Waals surface area contributed by atoms with E-state index in [0.717, 1.165) is 28.2 Å². The predicted molar refractivity (Wildman–Crippen MR) is 139 cm³/mol. The number of benzene rings is 3. The van der Waals surface area contributed by atoms with Gasteiger partial charge in [0.05, 0.1) is 17.1 Å². The summed E-state index contributed by atoms with van der Waals surface area (Å²) in [4.78, 5) is 30.9. The Hall–Kier alpha value is -4.19. The van der Waals surface area contributed by atoms with Gasteiger partial charge in [-0.25, -0.2) is 4.39 Å². The van der Waals surface area contributed by atoms with Gasteiger partial charge in [0, 0.05) is 17.8 Å². The third-order valence-electron chi connectivity index (χ3n) is 6.66. The van der Waals surface area contributed by atoms with E-state index in [1.807, 2.05) is 75.5 Å². The first-order valence-electron chi connectivity index (χ1n) is 12.1. The Bertz CT molecular complexity index is 1410. The molecule has 1 unspecified atom stereocenters. The van der Waals surface area contributed by atoms with Gasteiger partial charge in [-0.3, -0.25) is 14.5 Å². The lowest BCUT2D eigenvalue weighted by Gasteiger charge is -2.40. The van der Waals surface area contributed by atoms with Crippen molar-refractivity contribution in [3.63, 3.8) is 0 Å². The first-order valence-corrected chi connectivity index (χ1v) is 12.1. The Balaban J connectivity index is 1.56. The van der Waals surface area contributed by atoms with Crippen LogP contribution in [0, 0.1) is 12.7 Å². The number of hydrogen-bond donors (Lipinski definition) is 0. The maximum absolute atomic E-state index is 14.1. The maximum atomic E-state index is 14.1. The molecule has 36 heavy (non-hydrogen) atoms. The number of hydrogen-bond acceptors (Lipinski definition) is 2. The number of aryl methyl sites for hydroxylation is 1. The Morgan fingerprint density at radius 2 is 1.56 bits per heavy atom. The molecule has 1 aromatic heterocycles. The third-order valence-corrected chi connectivity index (χ3v) is 6.66. The second kappa shape index (κ2) is 9.46. The van der Waals surface area contributed by atoms with Crippen molar-refractivity contribution >= 4 is 17.5 Å². The molecular formula is C30H28FN3O2. The number of carbonyl (C=O) groups excluding carboxylic acids is 2. The summed E-state index contributed by atoms with van der Waals surface area (Å²) in [5.41, 5.74) is 4.92. The zero-order chi connectivity index (χ0) is 25.4. The van der Waals surface area contributed by atoms with Crippen LogP contribution in [0.1, 0.15) is 47.1 Å². The summed E-state index contributed by atoms with van der Waals surface area (Å²) < 4.78 is 15.9. The highest BCUT2D eigenvalue weighted by Gasteiger charge is 2.37. The zero-order valence-electron chi connectivity index (χ0n) is 20.6. The quantitative estimate of drug-likeness (QED) is 0.356. The van der Waals surface area contributed by atoms with Gasteiger partial charge in [0.1, 0.15) is 18.4 Å². The van der Waals surface area contributed by atoms with Crippen LogP contribution in [0.3, 0.4) is 0 Å². The van der Waals surface area contributed by atoms with E-state index in [1.54, 1.807) is 34.1 Å². The van der Waals surface area contributed by atoms with E-state index in [2.05, 4.69) is 4.57 Å². The molecule has 4 aromatic rings. The second-order valence-corrected chi connectivity index (χ2v) is 9.40. The fourth-order valence-electron chi connectivity index (χ4n) is 4.80. The Labute approximate surface area is 210 Å². The number of rotatable bonds is 5. The van der Waals surface area contributed by atoms with Crippen molar-refractivity contribution in [3.05, 3.63) is 119 Å². The van der Waals surface area contributed by atoms with Gasteiger partial charge >= 0.3 is 0 Å². The SMILES string of the molecule is Cc1ccc(C(=O)N(CC(=O)N2c3ccccc3-n3cccc3C2c2ccc(F)cc2)C(C)C)cc1. The summed E-state index contributed by atoms with van der Waals surface area (Å²) >= 11 is 0. The Morgan fingerprint density at radius 3 is 2.22 bits per heavy atom. The predicted octanol–water partition coefficient (Wildman–Crippen LogP) is 5.91. The van der Waals surface area contributed by atoms with Crippen molar-refractivity contribution < 1.29 is 14.0 Å². The molecule has 0 radical (unpaired) electrons. The van der Waals surface area contributed by atoms with Gasteiger partial charge in [0.25, 0.3) is 5.91 Å². The fourth-order valence-corrected chi connectivity index (χ4v) is 4.80. The summed E-state index contributed by atoms with van der Waals surface area (Å²) in [6.07, 6.45) is 1.97. The molecule has 0 bridgehead atoms. The van der Waals surface area contributed by atoms with E-state index < -0.39 is 6.04 Å². The summed E-state index contributed by atoms with van der Waals surface area (Å²) in [7, 11) is 0. The van der Waals surface area contributed by atoms with Crippen LogP contribution in [0.2, 0.25) is 0 Å². The number of halogens is 1. The van der Waals surface area contributed by atoms with Crippen molar-refractivity contribution in [2.24, 2.45) is 0 Å². The van der Waals surface area contributed by atoms with Crippen LogP contribution in [0.15, 0.2) is 91.1 Å². The van der Waals surface area contributed by atoms with E-state index in [0.29, 0.717) is 5.56 Å². The molecule has 182 valence electrons. The number of nitrogens with zero attached hydrogens (tertiary/aromatic N) is 3. The molecule has 0 aliphatic carbocycles. The molecule has 0 spiro atoms. The minimum absolute atomic E-state index is 0.0862. The van der Waals surface area contributed by atoms with Gasteiger partial charge < -0.3 is 9.47 Å². The molecule has 6 heteroatoms. The fraction of sp³-hybridized carbons (Fsp3) is 0.200. The van der Waals surface area contributed by atoms with Crippen LogP contribution in [0.5, 0.6) is 0 Å². The summed E-state index contributed by atoms with van der Waals surface area (Å²) in [5, 5.41) is 0. The molecule has 3 aromatic carbocycles. The molecule has 0 saturated heterocycles. The van der Waals surface area contributed by atoms with Gasteiger partial charge in [0.15, 0.2) is 0 Å². The van der Waals surface area contributed by atoms with Crippen molar-refractivity contribution in [1.82, 2.24) is 9.47 Å².